The molecule has 1 aromatic rings. The molecule has 1 fully saturated rings. The Labute approximate surface area is 188 Å². The highest BCUT2D eigenvalue weighted by Gasteiger charge is 2.63. The quantitative estimate of drug-likeness (QED) is 0.603. The van der Waals surface area contributed by atoms with Gasteiger partial charge in [-0.1, -0.05) is 12.2 Å². The molecule has 0 bridgehead atoms. The summed E-state index contributed by atoms with van der Waals surface area (Å²) in [6.45, 7) is 5.50. The first-order valence-electron chi connectivity index (χ1n) is 10.3. The summed E-state index contributed by atoms with van der Waals surface area (Å²) in [7, 11) is 0. The molecule has 1 heterocycles. The number of aryl methyl sites for hydroxylation is 1. The van der Waals surface area contributed by atoms with Gasteiger partial charge in [-0.2, -0.15) is 13.2 Å². The monoisotopic (exact) mass is 471 g/mol. The fraction of sp³-hybridized carbons (Fsp3) is 0.545. The Balaban J connectivity index is 2.09. The molecule has 1 aromatic heterocycles. The summed E-state index contributed by atoms with van der Waals surface area (Å²) in [5.41, 5.74) is -4.21. The van der Waals surface area contributed by atoms with Crippen LogP contribution in [0, 0.1) is 24.2 Å². The molecule has 0 aliphatic heterocycles. The van der Waals surface area contributed by atoms with Gasteiger partial charge in [0.25, 0.3) is 0 Å². The largest absolute Gasteiger partial charge is 0.481 e. The molecule has 0 radical (unpaired) electrons. The first kappa shape index (κ1) is 24.7. The summed E-state index contributed by atoms with van der Waals surface area (Å²) in [5.74, 6) is -3.39. The van der Waals surface area contributed by atoms with E-state index >= 15 is 0 Å². The van der Waals surface area contributed by atoms with Crippen molar-refractivity contribution in [3.63, 3.8) is 0 Å². The number of aliphatic carboxylic acids is 1. The molecular weight excluding hydrogens is 446 g/mol. The molecule has 0 saturated heterocycles. The van der Waals surface area contributed by atoms with Crippen LogP contribution < -0.4 is 4.90 Å². The molecule has 1 amide bonds. The van der Waals surface area contributed by atoms with Gasteiger partial charge in [0.1, 0.15) is 17.3 Å². The Kier molecular flexibility index (Phi) is 6.29. The van der Waals surface area contributed by atoms with E-state index in [1.54, 1.807) is 26.8 Å². The van der Waals surface area contributed by atoms with Crippen LogP contribution in [0.15, 0.2) is 30.3 Å². The zero-order chi connectivity index (χ0) is 24.8. The van der Waals surface area contributed by atoms with Crippen molar-refractivity contribution in [3.8, 4) is 0 Å². The van der Waals surface area contributed by atoms with E-state index in [2.05, 4.69) is 9.97 Å². The zero-order valence-corrected chi connectivity index (χ0v) is 18.6. The molecule has 3 rings (SSSR count). The number of amides is 1. The minimum absolute atomic E-state index is 0.0674. The summed E-state index contributed by atoms with van der Waals surface area (Å²) < 4.78 is 60.8. The van der Waals surface area contributed by atoms with Crippen molar-refractivity contribution in [2.75, 3.05) is 11.4 Å². The number of carbonyl (C=O) groups excluding carboxylic acids is 1. The molecule has 0 aromatic carbocycles. The molecule has 11 heteroatoms. The van der Waals surface area contributed by atoms with Gasteiger partial charge in [0.05, 0.1) is 17.8 Å². The third-order valence-electron chi connectivity index (χ3n) is 5.71. The fourth-order valence-corrected chi connectivity index (χ4v) is 4.12. The van der Waals surface area contributed by atoms with Gasteiger partial charge >= 0.3 is 18.2 Å². The number of ether oxygens (including phenoxy) is 1. The van der Waals surface area contributed by atoms with Crippen LogP contribution in [0.2, 0.25) is 0 Å². The third-order valence-corrected chi connectivity index (χ3v) is 5.71. The van der Waals surface area contributed by atoms with E-state index in [0.717, 1.165) is 11.1 Å². The summed E-state index contributed by atoms with van der Waals surface area (Å²) >= 11 is 0. The maximum Gasteiger partial charge on any atom is 0.435 e. The van der Waals surface area contributed by atoms with E-state index < -0.39 is 64.8 Å². The van der Waals surface area contributed by atoms with Crippen LogP contribution >= 0.6 is 0 Å². The zero-order valence-electron chi connectivity index (χ0n) is 18.6. The van der Waals surface area contributed by atoms with Crippen molar-refractivity contribution >= 4 is 17.7 Å². The lowest BCUT2D eigenvalue weighted by Crippen LogP contribution is -2.44. The van der Waals surface area contributed by atoms with Crippen molar-refractivity contribution < 1.29 is 37.0 Å². The van der Waals surface area contributed by atoms with E-state index in [0.29, 0.717) is 0 Å². The molecule has 1 saturated carbocycles. The smallest absolute Gasteiger partial charge is 0.435 e. The van der Waals surface area contributed by atoms with Crippen LogP contribution in [-0.4, -0.2) is 39.3 Å². The minimum Gasteiger partial charge on any atom is -0.481 e. The van der Waals surface area contributed by atoms with Crippen LogP contribution in [-0.2, 0) is 15.7 Å². The number of hydrogen-bond acceptors (Lipinski definition) is 5. The van der Waals surface area contributed by atoms with Gasteiger partial charge in [0.15, 0.2) is 5.69 Å². The molecule has 2 aliphatic carbocycles. The number of aromatic nitrogens is 2. The topological polar surface area (TPSA) is 92.6 Å². The number of allylic oxidation sites excluding steroid dienone is 4. The van der Waals surface area contributed by atoms with Crippen LogP contribution in [0.25, 0.3) is 0 Å². The fourth-order valence-electron chi connectivity index (χ4n) is 4.12. The highest BCUT2D eigenvalue weighted by molar-refractivity contribution is 5.89. The standard InChI is InChI=1S/C22H25F4N3O4/c1-12-27-10-16(17(28-12)22(24,25)26)29(19(32)33-20(2,3)4)11-21(9-15(21)18(30)31)13-6-5-7-14(23)8-13/h5-7,10,13,15H,8-9,11H2,1-4H3,(H,30,31)/t13?,15-,21+/m0/s1. The van der Waals surface area contributed by atoms with Crippen molar-refractivity contribution in [3.05, 3.63) is 41.8 Å². The molecule has 180 valence electrons. The number of alkyl halides is 3. The maximum absolute atomic E-state index is 14.0. The van der Waals surface area contributed by atoms with Crippen molar-refractivity contribution in [1.82, 2.24) is 9.97 Å². The Bertz CT molecular complexity index is 1020. The minimum atomic E-state index is -4.91. The number of halogens is 4. The number of carbonyl (C=O) groups is 2. The summed E-state index contributed by atoms with van der Waals surface area (Å²) in [6.07, 6.45) is -0.886. The summed E-state index contributed by atoms with van der Waals surface area (Å²) in [6, 6.07) is 0. The second kappa shape index (κ2) is 8.42. The number of carboxylic acids is 1. The van der Waals surface area contributed by atoms with Gasteiger partial charge in [-0.3, -0.25) is 9.69 Å². The van der Waals surface area contributed by atoms with Crippen LogP contribution in [0.4, 0.5) is 28.0 Å². The van der Waals surface area contributed by atoms with Crippen molar-refractivity contribution in [1.29, 1.82) is 0 Å². The van der Waals surface area contributed by atoms with Crippen molar-refractivity contribution in [2.24, 2.45) is 17.3 Å². The summed E-state index contributed by atoms with van der Waals surface area (Å²) in [4.78, 5) is 32.9. The number of carboxylic acid groups (broad SMARTS) is 1. The molecule has 7 nitrogen and oxygen atoms in total. The first-order chi connectivity index (χ1) is 15.1. The molecule has 2 aliphatic rings. The maximum atomic E-state index is 14.0. The molecular formula is C22H25F4N3O4. The molecule has 1 unspecified atom stereocenters. The van der Waals surface area contributed by atoms with Gasteiger partial charge in [-0.15, -0.1) is 0 Å². The average molecular weight is 471 g/mol. The molecule has 0 spiro atoms. The van der Waals surface area contributed by atoms with E-state index in [4.69, 9.17) is 4.74 Å². The number of anilines is 1. The van der Waals surface area contributed by atoms with Gasteiger partial charge in [-0.05, 0) is 46.1 Å². The van der Waals surface area contributed by atoms with Crippen LogP contribution in [0.3, 0.4) is 0 Å². The SMILES string of the molecule is Cc1ncc(N(C[C@@]2(C3C=CC=C(F)C3)C[C@H]2C(=O)O)C(=O)OC(C)(C)C)c(C(F)(F)F)n1. The van der Waals surface area contributed by atoms with Crippen LogP contribution in [0.1, 0.15) is 45.1 Å². The highest BCUT2D eigenvalue weighted by Crippen LogP contribution is 2.61. The predicted octanol–water partition coefficient (Wildman–Crippen LogP) is 5.07. The van der Waals surface area contributed by atoms with E-state index in [9.17, 15) is 32.3 Å². The van der Waals surface area contributed by atoms with Crippen LogP contribution in [0.5, 0.6) is 0 Å². The normalized spacial score (nSPS) is 24.8. The van der Waals surface area contributed by atoms with Gasteiger partial charge in [-0.25, -0.2) is 19.2 Å². The number of rotatable bonds is 5. The Morgan fingerprint density at radius 1 is 1.30 bits per heavy atom. The number of nitrogens with zero attached hydrogens (tertiary/aromatic N) is 3. The molecule has 3 atom stereocenters. The second-order valence-electron chi connectivity index (χ2n) is 9.35. The second-order valence-corrected chi connectivity index (χ2v) is 9.35. The van der Waals surface area contributed by atoms with Crippen molar-refractivity contribution in [2.45, 2.75) is 52.3 Å². The highest BCUT2D eigenvalue weighted by atomic mass is 19.4. The summed E-state index contributed by atoms with van der Waals surface area (Å²) in [5, 5.41) is 9.64. The molecule has 1 N–H and O–H groups in total. The Morgan fingerprint density at radius 2 is 1.97 bits per heavy atom. The number of hydrogen-bond donors (Lipinski definition) is 1. The lowest BCUT2D eigenvalue weighted by Gasteiger charge is -2.34. The Morgan fingerprint density at radius 3 is 2.48 bits per heavy atom. The predicted molar refractivity (Wildman–Crippen MR) is 110 cm³/mol. The van der Waals surface area contributed by atoms with E-state index in [1.165, 1.54) is 19.1 Å². The van der Waals surface area contributed by atoms with Gasteiger partial charge in [0.2, 0.25) is 0 Å². The molecule has 33 heavy (non-hydrogen) atoms. The van der Waals surface area contributed by atoms with Gasteiger partial charge < -0.3 is 9.84 Å². The van der Waals surface area contributed by atoms with Gasteiger partial charge in [0, 0.05) is 18.4 Å². The average Bonchev–Trinajstić information content (AvgIpc) is 3.40. The Hall–Kier alpha value is -2.98. The lowest BCUT2D eigenvalue weighted by molar-refractivity contribution is -0.141. The van der Waals surface area contributed by atoms with E-state index in [-0.39, 0.29) is 18.7 Å². The third kappa shape index (κ3) is 5.33. The lowest BCUT2D eigenvalue weighted by atomic mass is 9.81. The van der Waals surface area contributed by atoms with E-state index in [1.807, 2.05) is 0 Å². The first-order valence-corrected chi connectivity index (χ1v) is 10.3.